The first-order valence-corrected chi connectivity index (χ1v) is 10.8. The minimum absolute atomic E-state index is 0.0463. The van der Waals surface area contributed by atoms with Gasteiger partial charge in [0.25, 0.3) is 0 Å². The Bertz CT molecular complexity index is 1140. The van der Waals surface area contributed by atoms with Crippen LogP contribution in [-0.4, -0.2) is 31.9 Å². The van der Waals surface area contributed by atoms with Gasteiger partial charge in [-0.25, -0.2) is 0 Å². The Kier molecular flexibility index (Phi) is 5.32. The number of ether oxygens (including phenoxy) is 2. The molecule has 2 aliphatic carbocycles. The number of ketones is 1. The van der Waals surface area contributed by atoms with Crippen LogP contribution in [0.1, 0.15) is 53.7 Å². The molecule has 2 aliphatic rings. The predicted molar refractivity (Wildman–Crippen MR) is 121 cm³/mol. The lowest BCUT2D eigenvalue weighted by molar-refractivity contribution is -0.170. The normalized spacial score (nSPS) is 20.2. The number of methoxy groups -OCH3 is 2. The summed E-state index contributed by atoms with van der Waals surface area (Å²) >= 11 is 0. The quantitative estimate of drug-likeness (QED) is 0.399. The van der Waals surface area contributed by atoms with Gasteiger partial charge in [-0.2, -0.15) is 0 Å². The highest BCUT2D eigenvalue weighted by Crippen LogP contribution is 2.60. The van der Waals surface area contributed by atoms with E-state index in [0.717, 1.165) is 22.3 Å². The van der Waals surface area contributed by atoms with Gasteiger partial charge in [-0.3, -0.25) is 14.4 Å². The summed E-state index contributed by atoms with van der Waals surface area (Å²) in [6, 6.07) is 15.4. The second-order valence-corrected chi connectivity index (χ2v) is 9.36. The maximum atomic E-state index is 13.9. The average molecular weight is 433 g/mol. The summed E-state index contributed by atoms with van der Waals surface area (Å²) in [6.45, 7) is 6.13. The second kappa shape index (κ2) is 7.73. The number of carbonyl (C=O) groups is 3. The highest BCUT2D eigenvalue weighted by atomic mass is 16.5. The van der Waals surface area contributed by atoms with E-state index in [1.165, 1.54) is 14.2 Å². The van der Waals surface area contributed by atoms with Gasteiger partial charge in [-0.05, 0) is 47.4 Å². The van der Waals surface area contributed by atoms with Crippen molar-refractivity contribution in [3.63, 3.8) is 0 Å². The van der Waals surface area contributed by atoms with Crippen molar-refractivity contribution in [2.75, 3.05) is 14.2 Å². The topological polar surface area (TPSA) is 69.7 Å². The smallest absolute Gasteiger partial charge is 0.323 e. The molecule has 1 unspecified atom stereocenters. The molecule has 1 atom stereocenters. The maximum Gasteiger partial charge on any atom is 0.323 e. The lowest BCUT2D eigenvalue weighted by Crippen LogP contribution is -2.48. The molecule has 0 aliphatic heterocycles. The van der Waals surface area contributed by atoms with E-state index in [4.69, 9.17) is 9.47 Å². The number of allylic oxidation sites excluding steroid dienone is 2. The first-order chi connectivity index (χ1) is 15.2. The van der Waals surface area contributed by atoms with Gasteiger partial charge >= 0.3 is 11.9 Å². The van der Waals surface area contributed by atoms with Crippen LogP contribution >= 0.6 is 0 Å². The molecular weight excluding hydrogens is 404 g/mol. The van der Waals surface area contributed by atoms with Crippen molar-refractivity contribution in [1.82, 2.24) is 0 Å². The van der Waals surface area contributed by atoms with Gasteiger partial charge in [0.2, 0.25) is 0 Å². The third-order valence-electron chi connectivity index (χ3n) is 7.19. The Balaban J connectivity index is 2.01. The molecule has 0 spiro atoms. The zero-order valence-corrected chi connectivity index (χ0v) is 19.2. The summed E-state index contributed by atoms with van der Waals surface area (Å²) in [5, 5.41) is 0. The highest BCUT2D eigenvalue weighted by molar-refractivity contribution is 6.16. The largest absolute Gasteiger partial charge is 0.468 e. The molecule has 0 heterocycles. The van der Waals surface area contributed by atoms with Crippen LogP contribution in [0, 0.1) is 18.3 Å². The summed E-state index contributed by atoms with van der Waals surface area (Å²) in [7, 11) is 2.53. The van der Waals surface area contributed by atoms with Gasteiger partial charge in [0, 0.05) is 17.6 Å². The number of esters is 2. The molecule has 4 rings (SSSR count). The number of aryl methyl sites for hydroxylation is 1. The molecule has 0 amide bonds. The first-order valence-electron chi connectivity index (χ1n) is 10.8. The summed E-state index contributed by atoms with van der Waals surface area (Å²) in [5.74, 6) is -1.71. The molecule has 2 aromatic carbocycles. The molecule has 166 valence electrons. The number of rotatable bonds is 4. The van der Waals surface area contributed by atoms with E-state index in [1.54, 1.807) is 6.07 Å². The SMILES string of the molecule is COC(=O)C1(C(=O)OC)CC(C(=O)c2cccc(C)c2)=C2c3ccccc3C(C)(C)C2C1. The zero-order chi connectivity index (χ0) is 23.3. The van der Waals surface area contributed by atoms with E-state index >= 15 is 0 Å². The first kappa shape index (κ1) is 22.0. The second-order valence-electron chi connectivity index (χ2n) is 9.36. The predicted octanol–water partition coefficient (Wildman–Crippen LogP) is 4.67. The van der Waals surface area contributed by atoms with E-state index < -0.39 is 17.4 Å². The molecule has 5 nitrogen and oxygen atoms in total. The van der Waals surface area contributed by atoms with E-state index in [1.807, 2.05) is 43.3 Å². The third kappa shape index (κ3) is 3.10. The van der Waals surface area contributed by atoms with Crippen molar-refractivity contribution < 1.29 is 23.9 Å². The van der Waals surface area contributed by atoms with Crippen molar-refractivity contribution in [2.24, 2.45) is 11.3 Å². The van der Waals surface area contributed by atoms with Gasteiger partial charge < -0.3 is 9.47 Å². The fourth-order valence-corrected chi connectivity index (χ4v) is 5.51. The summed E-state index contributed by atoms with van der Waals surface area (Å²) in [5.41, 5.74) is 3.11. The lowest BCUT2D eigenvalue weighted by atomic mass is 9.61. The number of hydrogen-bond acceptors (Lipinski definition) is 5. The van der Waals surface area contributed by atoms with Crippen LogP contribution in [0.25, 0.3) is 5.57 Å². The number of hydrogen-bond donors (Lipinski definition) is 0. The number of fused-ring (bicyclic) bond motifs is 3. The maximum absolute atomic E-state index is 13.9. The summed E-state index contributed by atoms with van der Waals surface area (Å²) in [4.78, 5) is 40.0. The Morgan fingerprint density at radius 1 is 0.938 bits per heavy atom. The van der Waals surface area contributed by atoms with Gasteiger partial charge in [0.1, 0.15) is 0 Å². The van der Waals surface area contributed by atoms with Crippen molar-refractivity contribution >= 4 is 23.3 Å². The molecule has 2 aromatic rings. The summed E-state index contributed by atoms with van der Waals surface area (Å²) < 4.78 is 10.2. The molecule has 0 bridgehead atoms. The number of carbonyl (C=O) groups excluding carboxylic acids is 3. The van der Waals surface area contributed by atoms with E-state index in [-0.39, 0.29) is 30.0 Å². The molecule has 5 heteroatoms. The van der Waals surface area contributed by atoms with Crippen LogP contribution in [0.3, 0.4) is 0 Å². The Labute approximate surface area is 188 Å². The fourth-order valence-electron chi connectivity index (χ4n) is 5.51. The van der Waals surface area contributed by atoms with Crippen molar-refractivity contribution in [1.29, 1.82) is 0 Å². The standard InChI is InChI=1S/C27H28O5/c1-16-9-8-10-17(13-16)23(28)19-14-27(24(29)31-4,25(30)32-5)15-21-22(19)18-11-6-7-12-20(18)26(21,2)3/h6-13,21H,14-15H2,1-5H3. The highest BCUT2D eigenvalue weighted by Gasteiger charge is 2.59. The van der Waals surface area contributed by atoms with E-state index in [0.29, 0.717) is 11.1 Å². The number of benzene rings is 2. The Morgan fingerprint density at radius 2 is 1.59 bits per heavy atom. The molecule has 0 aromatic heterocycles. The molecule has 0 N–H and O–H groups in total. The van der Waals surface area contributed by atoms with Gasteiger partial charge in [-0.1, -0.05) is 61.9 Å². The summed E-state index contributed by atoms with van der Waals surface area (Å²) in [6.07, 6.45) is 0.184. The van der Waals surface area contributed by atoms with Gasteiger partial charge in [-0.15, -0.1) is 0 Å². The van der Waals surface area contributed by atoms with Crippen molar-refractivity contribution in [3.8, 4) is 0 Å². The van der Waals surface area contributed by atoms with Crippen LogP contribution in [0.4, 0.5) is 0 Å². The van der Waals surface area contributed by atoms with Crippen LogP contribution < -0.4 is 0 Å². The van der Waals surface area contributed by atoms with E-state index in [2.05, 4.69) is 19.9 Å². The van der Waals surface area contributed by atoms with Crippen LogP contribution in [0.2, 0.25) is 0 Å². The zero-order valence-electron chi connectivity index (χ0n) is 19.2. The van der Waals surface area contributed by atoms with Crippen LogP contribution in [0.5, 0.6) is 0 Å². The molecule has 32 heavy (non-hydrogen) atoms. The van der Waals surface area contributed by atoms with E-state index in [9.17, 15) is 14.4 Å². The molecule has 0 fully saturated rings. The minimum Gasteiger partial charge on any atom is -0.468 e. The molecule has 0 saturated carbocycles. The molecular formula is C27H28O5. The Hall–Kier alpha value is -3.21. The molecule has 0 radical (unpaired) electrons. The lowest BCUT2D eigenvalue weighted by Gasteiger charge is -2.41. The van der Waals surface area contributed by atoms with Crippen molar-refractivity contribution in [3.05, 3.63) is 76.4 Å². The van der Waals surface area contributed by atoms with Gasteiger partial charge in [0.05, 0.1) is 14.2 Å². The minimum atomic E-state index is -1.56. The fraction of sp³-hybridized carbons (Fsp3) is 0.370. The average Bonchev–Trinajstić information content (AvgIpc) is 3.03. The third-order valence-corrected chi connectivity index (χ3v) is 7.19. The molecule has 0 saturated heterocycles. The van der Waals surface area contributed by atoms with Crippen molar-refractivity contribution in [2.45, 2.75) is 39.0 Å². The van der Waals surface area contributed by atoms with Gasteiger partial charge in [0.15, 0.2) is 11.2 Å². The van der Waals surface area contributed by atoms with Crippen LogP contribution in [0.15, 0.2) is 54.1 Å². The Morgan fingerprint density at radius 3 is 2.22 bits per heavy atom. The number of Topliss-reactive ketones (excluding diaryl/α,β-unsaturated/α-hetero) is 1. The monoisotopic (exact) mass is 432 g/mol. The van der Waals surface area contributed by atoms with Crippen LogP contribution in [-0.2, 0) is 24.5 Å².